The van der Waals surface area contributed by atoms with E-state index < -0.39 is 54.1 Å². The van der Waals surface area contributed by atoms with Crippen molar-refractivity contribution in [3.8, 4) is 0 Å². The van der Waals surface area contributed by atoms with Crippen LogP contribution in [0.4, 0.5) is 30.7 Å². The molecule has 0 saturated carbocycles. The maximum absolute atomic E-state index is 14.7. The van der Waals surface area contributed by atoms with Crippen molar-refractivity contribution in [1.29, 1.82) is 0 Å². The average Bonchev–Trinajstić information content (AvgIpc) is 2.73. The third-order valence-corrected chi connectivity index (χ3v) is 5.74. The summed E-state index contributed by atoms with van der Waals surface area (Å²) in [6.07, 6.45) is -12.2. The summed E-state index contributed by atoms with van der Waals surface area (Å²) >= 11 is 17.4. The standard InChI is InChI=1S/C22H16Cl3F7N2O2/c1-10(33-18(35)9-21(27,28)29)34-20(36)12-4-2-11(3-5-12)17(26)8-14(22(30,31)32)13-6-15(23)19(25)16(24)7-13/h2-8,10,14H,9H2,1H3,(H,33,35)(H,34,36)/b17-8-/t10-,14?/m1/s1. The Morgan fingerprint density at radius 1 is 0.917 bits per heavy atom. The van der Waals surface area contributed by atoms with Crippen molar-refractivity contribution >= 4 is 52.4 Å². The van der Waals surface area contributed by atoms with Gasteiger partial charge >= 0.3 is 12.4 Å². The number of amides is 2. The number of halogens is 10. The summed E-state index contributed by atoms with van der Waals surface area (Å²) in [6, 6.07) is 6.06. The van der Waals surface area contributed by atoms with Gasteiger partial charge in [0, 0.05) is 11.1 Å². The normalized spacial score (nSPS) is 14.2. The summed E-state index contributed by atoms with van der Waals surface area (Å²) in [6.45, 7) is 1.22. The molecule has 0 aliphatic carbocycles. The molecule has 4 nitrogen and oxygen atoms in total. The number of carbonyl (C=O) groups is 2. The van der Waals surface area contributed by atoms with Gasteiger partial charge in [0.05, 0.1) is 21.2 Å². The van der Waals surface area contributed by atoms with Gasteiger partial charge in [-0.15, -0.1) is 0 Å². The van der Waals surface area contributed by atoms with Crippen LogP contribution in [0.15, 0.2) is 42.5 Å². The molecule has 0 aliphatic heterocycles. The molecular formula is C22H16Cl3F7N2O2. The Labute approximate surface area is 215 Å². The first-order chi connectivity index (χ1) is 16.5. The quantitative estimate of drug-likeness (QED) is 0.203. The number of rotatable bonds is 7. The molecule has 2 atom stereocenters. The first kappa shape index (κ1) is 29.7. The van der Waals surface area contributed by atoms with Crippen LogP contribution in [0.5, 0.6) is 0 Å². The van der Waals surface area contributed by atoms with Crippen molar-refractivity contribution in [2.75, 3.05) is 0 Å². The van der Waals surface area contributed by atoms with Crippen LogP contribution in [0.3, 0.4) is 0 Å². The van der Waals surface area contributed by atoms with E-state index in [0.717, 1.165) is 36.4 Å². The number of hydrogen-bond acceptors (Lipinski definition) is 2. The molecule has 0 radical (unpaired) electrons. The molecule has 1 unspecified atom stereocenters. The molecule has 0 aromatic heterocycles. The Balaban J connectivity index is 2.18. The van der Waals surface area contributed by atoms with Gasteiger partial charge in [0.1, 0.15) is 18.2 Å². The van der Waals surface area contributed by atoms with Crippen LogP contribution >= 0.6 is 34.8 Å². The zero-order valence-electron chi connectivity index (χ0n) is 18.0. The van der Waals surface area contributed by atoms with E-state index in [1.54, 1.807) is 0 Å². The van der Waals surface area contributed by atoms with Crippen molar-refractivity contribution in [2.45, 2.75) is 37.8 Å². The van der Waals surface area contributed by atoms with Gasteiger partial charge in [-0.05, 0) is 42.8 Å². The van der Waals surface area contributed by atoms with E-state index in [0.29, 0.717) is 6.08 Å². The monoisotopic (exact) mass is 578 g/mol. The van der Waals surface area contributed by atoms with Crippen LogP contribution in [-0.4, -0.2) is 30.3 Å². The highest BCUT2D eigenvalue weighted by atomic mass is 35.5. The van der Waals surface area contributed by atoms with E-state index in [9.17, 15) is 40.3 Å². The number of carbonyl (C=O) groups excluding carboxylic acids is 2. The molecule has 196 valence electrons. The van der Waals surface area contributed by atoms with Crippen LogP contribution in [0.2, 0.25) is 15.1 Å². The largest absolute Gasteiger partial charge is 0.399 e. The van der Waals surface area contributed by atoms with E-state index >= 15 is 0 Å². The fraction of sp³-hybridized carbons (Fsp3) is 0.273. The van der Waals surface area contributed by atoms with Crippen molar-refractivity contribution in [3.05, 3.63) is 74.2 Å². The zero-order valence-corrected chi connectivity index (χ0v) is 20.3. The van der Waals surface area contributed by atoms with E-state index in [1.165, 1.54) is 6.92 Å². The summed E-state index contributed by atoms with van der Waals surface area (Å²) in [5.74, 6) is -5.88. The first-order valence-electron chi connectivity index (χ1n) is 9.84. The minimum absolute atomic E-state index is 0.0906. The molecule has 0 saturated heterocycles. The summed E-state index contributed by atoms with van der Waals surface area (Å²) in [7, 11) is 0. The van der Waals surface area contributed by atoms with Gasteiger partial charge in [-0.25, -0.2) is 4.39 Å². The zero-order chi connectivity index (χ0) is 27.4. The Morgan fingerprint density at radius 2 is 1.42 bits per heavy atom. The van der Waals surface area contributed by atoms with Gasteiger partial charge < -0.3 is 10.6 Å². The lowest BCUT2D eigenvalue weighted by atomic mass is 9.96. The number of hydrogen-bond donors (Lipinski definition) is 2. The summed E-state index contributed by atoms with van der Waals surface area (Å²) < 4.78 is 92.3. The van der Waals surface area contributed by atoms with Crippen LogP contribution in [0.25, 0.3) is 5.83 Å². The molecule has 0 heterocycles. The Kier molecular flexibility index (Phi) is 9.66. The molecule has 0 spiro atoms. The second-order valence-electron chi connectivity index (χ2n) is 7.46. The van der Waals surface area contributed by atoms with Gasteiger partial charge in [0.15, 0.2) is 0 Å². The summed E-state index contributed by atoms with van der Waals surface area (Å²) in [5.41, 5.74) is -0.833. The third-order valence-electron chi connectivity index (χ3n) is 4.54. The van der Waals surface area contributed by atoms with Gasteiger partial charge in [0.2, 0.25) is 5.91 Å². The fourth-order valence-electron chi connectivity index (χ4n) is 2.95. The number of alkyl halides is 6. The maximum atomic E-state index is 14.7. The number of allylic oxidation sites excluding steroid dienone is 1. The highest BCUT2D eigenvalue weighted by Gasteiger charge is 2.40. The minimum atomic E-state index is -4.91. The predicted molar refractivity (Wildman–Crippen MR) is 122 cm³/mol. The SMILES string of the molecule is C[C@H](NC(=O)CC(F)(F)F)NC(=O)c1ccc(/C(F)=C/C(c2cc(Cl)c(Cl)c(Cl)c2)C(F)(F)F)cc1. The molecule has 14 heteroatoms. The molecule has 2 N–H and O–H groups in total. The van der Waals surface area contributed by atoms with E-state index in [1.807, 2.05) is 5.32 Å². The fourth-order valence-corrected chi connectivity index (χ4v) is 3.56. The first-order valence-corrected chi connectivity index (χ1v) is 11.0. The molecule has 0 aliphatic rings. The molecule has 2 aromatic carbocycles. The molecule has 0 bridgehead atoms. The van der Waals surface area contributed by atoms with Crippen molar-refractivity contribution in [1.82, 2.24) is 10.6 Å². The van der Waals surface area contributed by atoms with E-state index in [4.69, 9.17) is 34.8 Å². The highest BCUT2D eigenvalue weighted by Crippen LogP contribution is 2.42. The van der Waals surface area contributed by atoms with Crippen LogP contribution < -0.4 is 10.6 Å². The molecule has 36 heavy (non-hydrogen) atoms. The maximum Gasteiger partial charge on any atom is 0.399 e. The van der Waals surface area contributed by atoms with Crippen molar-refractivity contribution in [2.24, 2.45) is 0 Å². The topological polar surface area (TPSA) is 58.2 Å². The lowest BCUT2D eigenvalue weighted by Crippen LogP contribution is -2.46. The number of nitrogens with one attached hydrogen (secondary N) is 2. The van der Waals surface area contributed by atoms with Crippen LogP contribution in [0, 0.1) is 0 Å². The average molecular weight is 580 g/mol. The molecule has 0 fully saturated rings. The number of benzene rings is 2. The van der Waals surface area contributed by atoms with Crippen molar-refractivity contribution in [3.63, 3.8) is 0 Å². The van der Waals surface area contributed by atoms with Crippen molar-refractivity contribution < 1.29 is 40.3 Å². The third kappa shape index (κ3) is 8.56. The molecular weight excluding hydrogens is 564 g/mol. The lowest BCUT2D eigenvalue weighted by molar-refractivity contribution is -0.154. The molecule has 2 amide bonds. The molecule has 2 rings (SSSR count). The van der Waals surface area contributed by atoms with Crippen LogP contribution in [-0.2, 0) is 4.79 Å². The second kappa shape index (κ2) is 11.7. The van der Waals surface area contributed by atoms with E-state index in [2.05, 4.69) is 5.32 Å². The van der Waals surface area contributed by atoms with E-state index in [-0.39, 0.29) is 26.2 Å². The Hall–Kier alpha value is -2.50. The van der Waals surface area contributed by atoms with Gasteiger partial charge in [0.25, 0.3) is 5.91 Å². The lowest BCUT2D eigenvalue weighted by Gasteiger charge is -2.19. The Bertz CT molecular complexity index is 1130. The molecule has 2 aromatic rings. The highest BCUT2D eigenvalue weighted by molar-refractivity contribution is 6.48. The van der Waals surface area contributed by atoms with Crippen LogP contribution in [0.1, 0.15) is 40.7 Å². The predicted octanol–water partition coefficient (Wildman–Crippen LogP) is 7.45. The van der Waals surface area contributed by atoms with Gasteiger partial charge in [-0.2, -0.15) is 26.3 Å². The summed E-state index contributed by atoms with van der Waals surface area (Å²) in [5, 5.41) is 3.50. The van der Waals surface area contributed by atoms with Gasteiger partial charge in [-0.1, -0.05) is 46.9 Å². The Morgan fingerprint density at radius 3 is 1.89 bits per heavy atom. The smallest absolute Gasteiger partial charge is 0.336 e. The second-order valence-corrected chi connectivity index (χ2v) is 8.66. The minimum Gasteiger partial charge on any atom is -0.336 e. The van der Waals surface area contributed by atoms with Gasteiger partial charge in [-0.3, -0.25) is 9.59 Å². The summed E-state index contributed by atoms with van der Waals surface area (Å²) in [4.78, 5) is 23.5.